The van der Waals surface area contributed by atoms with Crippen LogP contribution in [0, 0.1) is 0 Å². The summed E-state index contributed by atoms with van der Waals surface area (Å²) in [7, 11) is 0. The number of ether oxygens (including phenoxy) is 2. The summed E-state index contributed by atoms with van der Waals surface area (Å²) in [5.74, 6) is -1.40. The highest BCUT2D eigenvalue weighted by Gasteiger charge is 2.24. The molecule has 6 N–H and O–H groups in total. The predicted molar refractivity (Wildman–Crippen MR) is 197 cm³/mol. The van der Waals surface area contributed by atoms with Gasteiger partial charge in [0.1, 0.15) is 17.8 Å². The standard InChI is InChI=1S/C18H18Cl2N2O4.C18H19ClN2O4/c1-2-26-17(24)15(8-11-6-4-3-5-7-11)22-18(25)21-12-9-13(19)16(23)14(20)10-12;1-2-25-17(23)15(10-12-6-4-3-5-7-12)21-18(24)20-13-8-9-16(22)14(19)11-13/h3-7,9-10,15,23H,2,8H2,1H3,(H2,21,22,25);3-9,11,15,22H,2,10H2,1H3,(H2,20,21,24). The van der Waals surface area contributed by atoms with Crippen molar-refractivity contribution in [1.29, 1.82) is 0 Å². The number of esters is 2. The molecule has 0 spiro atoms. The average Bonchev–Trinajstić information content (AvgIpc) is 3.09. The molecule has 270 valence electrons. The second-order valence-corrected chi connectivity index (χ2v) is 11.9. The Morgan fingerprint density at radius 3 is 1.43 bits per heavy atom. The van der Waals surface area contributed by atoms with Gasteiger partial charge in [-0.05, 0) is 55.3 Å². The topological polar surface area (TPSA) is 175 Å². The number of phenolic OH excluding ortho intramolecular Hbond substituents is 2. The van der Waals surface area contributed by atoms with Crippen molar-refractivity contribution in [2.24, 2.45) is 0 Å². The summed E-state index contributed by atoms with van der Waals surface area (Å²) in [5.41, 5.74) is 2.44. The number of aromatic hydroxyl groups is 2. The van der Waals surface area contributed by atoms with Crippen LogP contribution >= 0.6 is 34.8 Å². The molecule has 0 radical (unpaired) electrons. The maximum Gasteiger partial charge on any atom is 0.329 e. The van der Waals surface area contributed by atoms with E-state index >= 15 is 0 Å². The van der Waals surface area contributed by atoms with E-state index in [2.05, 4.69) is 21.3 Å². The highest BCUT2D eigenvalue weighted by molar-refractivity contribution is 6.37. The van der Waals surface area contributed by atoms with Gasteiger partial charge >= 0.3 is 24.0 Å². The molecule has 0 saturated heterocycles. The number of carbonyl (C=O) groups is 4. The molecule has 0 saturated carbocycles. The normalized spacial score (nSPS) is 11.5. The quantitative estimate of drug-likeness (QED) is 0.0643. The van der Waals surface area contributed by atoms with Crippen molar-refractivity contribution in [3.63, 3.8) is 0 Å². The summed E-state index contributed by atoms with van der Waals surface area (Å²) < 4.78 is 10.1. The van der Waals surface area contributed by atoms with Crippen molar-refractivity contribution in [3.05, 3.63) is 117 Å². The molecule has 4 aromatic carbocycles. The lowest BCUT2D eigenvalue weighted by Crippen LogP contribution is -2.45. The van der Waals surface area contributed by atoms with Crippen molar-refractivity contribution < 1.29 is 38.9 Å². The van der Waals surface area contributed by atoms with Crippen LogP contribution in [0.15, 0.2) is 91.0 Å². The molecule has 4 amide bonds. The molecule has 2 atom stereocenters. The van der Waals surface area contributed by atoms with Gasteiger partial charge < -0.3 is 41.0 Å². The molecule has 15 heteroatoms. The fourth-order valence-electron chi connectivity index (χ4n) is 4.45. The van der Waals surface area contributed by atoms with Crippen molar-refractivity contribution in [1.82, 2.24) is 10.6 Å². The van der Waals surface area contributed by atoms with Crippen LogP contribution in [0.25, 0.3) is 0 Å². The number of phenols is 2. The van der Waals surface area contributed by atoms with Gasteiger partial charge in [0.05, 0.1) is 28.3 Å². The molecule has 2 unspecified atom stereocenters. The first-order chi connectivity index (χ1) is 24.4. The Bertz CT molecular complexity index is 1760. The van der Waals surface area contributed by atoms with Crippen molar-refractivity contribution >= 4 is 70.2 Å². The van der Waals surface area contributed by atoms with E-state index in [1.807, 2.05) is 60.7 Å². The molecule has 0 bridgehead atoms. The van der Waals surface area contributed by atoms with E-state index in [1.54, 1.807) is 13.8 Å². The van der Waals surface area contributed by atoms with Gasteiger partial charge in [0.25, 0.3) is 0 Å². The fraction of sp³-hybridized carbons (Fsp3) is 0.222. The SMILES string of the molecule is CCOC(=O)C(Cc1ccccc1)NC(=O)Nc1cc(Cl)c(O)c(Cl)c1.CCOC(=O)C(Cc1ccccc1)NC(=O)Nc1ccc(O)c(Cl)c1. The van der Waals surface area contributed by atoms with Crippen molar-refractivity contribution in [2.75, 3.05) is 23.8 Å². The first-order valence-corrected chi connectivity index (χ1v) is 16.8. The van der Waals surface area contributed by atoms with Crippen LogP contribution in [-0.4, -0.2) is 59.5 Å². The summed E-state index contributed by atoms with van der Waals surface area (Å²) in [6, 6.07) is 22.7. The summed E-state index contributed by atoms with van der Waals surface area (Å²) in [4.78, 5) is 48.7. The molecule has 0 aliphatic rings. The third-order valence-corrected chi connectivity index (χ3v) is 7.68. The number of halogens is 3. The molecular formula is C36H37Cl3N4O8. The highest BCUT2D eigenvalue weighted by atomic mass is 35.5. The molecule has 0 fully saturated rings. The van der Waals surface area contributed by atoms with Crippen LogP contribution in [-0.2, 0) is 31.9 Å². The number of amides is 4. The Labute approximate surface area is 310 Å². The van der Waals surface area contributed by atoms with Crippen LogP contribution in [0.3, 0.4) is 0 Å². The number of carbonyl (C=O) groups excluding carboxylic acids is 4. The predicted octanol–water partition coefficient (Wildman–Crippen LogP) is 7.34. The van der Waals surface area contributed by atoms with Crippen molar-refractivity contribution in [3.8, 4) is 11.5 Å². The Kier molecular flexibility index (Phi) is 16.2. The van der Waals surface area contributed by atoms with Gasteiger partial charge in [0.15, 0.2) is 5.75 Å². The maximum atomic E-state index is 12.3. The third-order valence-electron chi connectivity index (χ3n) is 6.80. The van der Waals surface area contributed by atoms with Gasteiger partial charge in [-0.1, -0.05) is 95.5 Å². The number of anilines is 2. The molecule has 4 rings (SSSR count). The van der Waals surface area contributed by atoms with Crippen LogP contribution in [0.1, 0.15) is 25.0 Å². The molecule has 0 heterocycles. The van der Waals surface area contributed by atoms with E-state index in [0.29, 0.717) is 12.1 Å². The first-order valence-electron chi connectivity index (χ1n) is 15.6. The van der Waals surface area contributed by atoms with Crippen LogP contribution in [0.2, 0.25) is 15.1 Å². The van der Waals surface area contributed by atoms with Gasteiger partial charge in [-0.3, -0.25) is 0 Å². The lowest BCUT2D eigenvalue weighted by atomic mass is 10.1. The van der Waals surface area contributed by atoms with Crippen LogP contribution in [0.5, 0.6) is 11.5 Å². The number of rotatable bonds is 12. The zero-order valence-electron chi connectivity index (χ0n) is 27.6. The van der Waals surface area contributed by atoms with Gasteiger partial charge in [0, 0.05) is 24.2 Å². The van der Waals surface area contributed by atoms with E-state index < -0.39 is 36.1 Å². The summed E-state index contributed by atoms with van der Waals surface area (Å²) in [6.07, 6.45) is 0.591. The lowest BCUT2D eigenvalue weighted by Gasteiger charge is -2.18. The summed E-state index contributed by atoms with van der Waals surface area (Å²) in [6.45, 7) is 3.82. The van der Waals surface area contributed by atoms with Gasteiger partial charge in [-0.15, -0.1) is 0 Å². The highest BCUT2D eigenvalue weighted by Crippen LogP contribution is 2.34. The molecule has 12 nitrogen and oxygen atoms in total. The average molecular weight is 760 g/mol. The Morgan fingerprint density at radius 2 is 1.02 bits per heavy atom. The third kappa shape index (κ3) is 13.6. The van der Waals surface area contributed by atoms with E-state index in [4.69, 9.17) is 44.3 Å². The van der Waals surface area contributed by atoms with Crippen LogP contribution in [0.4, 0.5) is 21.0 Å². The fourth-order valence-corrected chi connectivity index (χ4v) is 5.11. The lowest BCUT2D eigenvalue weighted by molar-refractivity contribution is -0.146. The number of hydrogen-bond donors (Lipinski definition) is 6. The number of hydrogen-bond acceptors (Lipinski definition) is 8. The second-order valence-electron chi connectivity index (χ2n) is 10.6. The molecular weight excluding hydrogens is 723 g/mol. The number of nitrogens with one attached hydrogen (secondary N) is 4. The molecule has 51 heavy (non-hydrogen) atoms. The Balaban J connectivity index is 0.000000276. The zero-order chi connectivity index (χ0) is 37.3. The largest absolute Gasteiger partial charge is 0.506 e. The minimum Gasteiger partial charge on any atom is -0.506 e. The monoisotopic (exact) mass is 758 g/mol. The van der Waals surface area contributed by atoms with Gasteiger partial charge in [0.2, 0.25) is 0 Å². The van der Waals surface area contributed by atoms with E-state index in [1.165, 1.54) is 30.3 Å². The molecule has 0 aromatic heterocycles. The maximum absolute atomic E-state index is 12.3. The van der Waals surface area contributed by atoms with Gasteiger partial charge in [-0.2, -0.15) is 0 Å². The zero-order valence-corrected chi connectivity index (χ0v) is 29.9. The Morgan fingerprint density at radius 1 is 0.608 bits per heavy atom. The number of benzene rings is 4. The Hall–Kier alpha value is -5.17. The molecule has 0 aliphatic heterocycles. The smallest absolute Gasteiger partial charge is 0.329 e. The summed E-state index contributed by atoms with van der Waals surface area (Å²) >= 11 is 17.5. The van der Waals surface area contributed by atoms with Crippen molar-refractivity contribution in [2.45, 2.75) is 38.8 Å². The van der Waals surface area contributed by atoms with E-state index in [0.717, 1.165) is 11.1 Å². The number of urea groups is 2. The molecule has 4 aromatic rings. The van der Waals surface area contributed by atoms with Crippen LogP contribution < -0.4 is 21.3 Å². The second kappa shape index (κ2) is 20.5. The summed E-state index contributed by atoms with van der Waals surface area (Å²) in [5, 5.41) is 29.3. The first kappa shape index (κ1) is 40.3. The minimum atomic E-state index is -0.861. The van der Waals surface area contributed by atoms with Gasteiger partial charge in [-0.25, -0.2) is 19.2 Å². The van der Waals surface area contributed by atoms with E-state index in [9.17, 15) is 29.4 Å². The molecule has 0 aliphatic carbocycles. The van der Waals surface area contributed by atoms with E-state index in [-0.39, 0.29) is 51.9 Å². The minimum absolute atomic E-state index is 0.000900.